The summed E-state index contributed by atoms with van der Waals surface area (Å²) < 4.78 is 0. The zero-order valence-electron chi connectivity index (χ0n) is 12.9. The molecule has 0 unspecified atom stereocenters. The Morgan fingerprint density at radius 1 is 1.00 bits per heavy atom. The van der Waals surface area contributed by atoms with E-state index in [1.165, 1.54) is 12.1 Å². The molecule has 0 radical (unpaired) electrons. The topological polar surface area (TPSA) is 132 Å². The van der Waals surface area contributed by atoms with E-state index in [9.17, 15) is 29.8 Å². The number of carbonyl (C=O) groups is 2. The summed E-state index contributed by atoms with van der Waals surface area (Å²) in [7, 11) is 0. The summed E-state index contributed by atoms with van der Waals surface area (Å²) in [5.74, 6) is -1.13. The second-order valence-corrected chi connectivity index (χ2v) is 5.35. The molecule has 2 aromatic rings. The van der Waals surface area contributed by atoms with Crippen LogP contribution in [0.2, 0.25) is 0 Å². The molecule has 2 aromatic carbocycles. The van der Waals surface area contributed by atoms with Gasteiger partial charge in [0.1, 0.15) is 0 Å². The molecule has 9 heteroatoms. The Morgan fingerprint density at radius 2 is 1.64 bits per heavy atom. The monoisotopic (exact) mass is 341 g/mol. The van der Waals surface area contributed by atoms with E-state index in [-0.39, 0.29) is 27.9 Å². The molecular formula is C16H11N3O6. The Balaban J connectivity index is 2.30. The molecule has 25 heavy (non-hydrogen) atoms. The summed E-state index contributed by atoms with van der Waals surface area (Å²) in [5.41, 5.74) is -0.0222. The molecule has 9 nitrogen and oxygen atoms in total. The van der Waals surface area contributed by atoms with Gasteiger partial charge in [0.25, 0.3) is 17.3 Å². The maximum atomic E-state index is 12.6. The van der Waals surface area contributed by atoms with E-state index in [0.717, 1.165) is 18.2 Å². The van der Waals surface area contributed by atoms with Gasteiger partial charge in [-0.15, -0.1) is 0 Å². The molecule has 0 heterocycles. The molecule has 0 bridgehead atoms. The van der Waals surface area contributed by atoms with Gasteiger partial charge in [-0.05, 0) is 18.6 Å². The standard InChI is InChI=1S/C16H11N3O6/c1-2-17-16(21)13-7-9(19(24)25)6-12-14(13)10-4-3-8(18(22)23)5-11(10)15(12)20/h3-7H,2H2,1H3,(H,17,21). The van der Waals surface area contributed by atoms with Crippen molar-refractivity contribution in [2.45, 2.75) is 6.92 Å². The van der Waals surface area contributed by atoms with E-state index in [0.29, 0.717) is 12.1 Å². The molecule has 0 aromatic heterocycles. The smallest absolute Gasteiger partial charge is 0.271 e. The maximum Gasteiger partial charge on any atom is 0.271 e. The molecule has 0 saturated carbocycles. The van der Waals surface area contributed by atoms with E-state index in [1.54, 1.807) is 6.92 Å². The normalized spacial score (nSPS) is 11.6. The summed E-state index contributed by atoms with van der Waals surface area (Å²) in [5, 5.41) is 24.6. The van der Waals surface area contributed by atoms with E-state index in [1.807, 2.05) is 0 Å². The zero-order valence-corrected chi connectivity index (χ0v) is 12.9. The summed E-state index contributed by atoms with van der Waals surface area (Å²) in [6.07, 6.45) is 0. The zero-order chi connectivity index (χ0) is 18.3. The number of nitro groups is 2. The molecular weight excluding hydrogens is 330 g/mol. The highest BCUT2D eigenvalue weighted by Crippen LogP contribution is 2.42. The lowest BCUT2D eigenvalue weighted by atomic mass is 9.97. The van der Waals surface area contributed by atoms with Crippen molar-refractivity contribution in [3.63, 3.8) is 0 Å². The number of nitro benzene ring substituents is 2. The van der Waals surface area contributed by atoms with Gasteiger partial charge in [0.15, 0.2) is 5.78 Å². The summed E-state index contributed by atoms with van der Waals surface area (Å²) in [6, 6.07) is 5.92. The van der Waals surface area contributed by atoms with Crippen molar-refractivity contribution in [2.24, 2.45) is 0 Å². The van der Waals surface area contributed by atoms with Crippen LogP contribution in [0.15, 0.2) is 30.3 Å². The van der Waals surface area contributed by atoms with Crippen LogP contribution in [0, 0.1) is 20.2 Å². The van der Waals surface area contributed by atoms with Gasteiger partial charge in [0.05, 0.1) is 15.4 Å². The summed E-state index contributed by atoms with van der Waals surface area (Å²) in [4.78, 5) is 45.6. The Kier molecular flexibility index (Phi) is 3.76. The van der Waals surface area contributed by atoms with Crippen molar-refractivity contribution in [3.8, 4) is 11.1 Å². The van der Waals surface area contributed by atoms with Crippen LogP contribution in [-0.2, 0) is 0 Å². The minimum Gasteiger partial charge on any atom is -0.352 e. The quantitative estimate of drug-likeness (QED) is 0.572. The van der Waals surface area contributed by atoms with Crippen LogP contribution >= 0.6 is 0 Å². The van der Waals surface area contributed by atoms with Gasteiger partial charge in [-0.3, -0.25) is 29.8 Å². The van der Waals surface area contributed by atoms with E-state index >= 15 is 0 Å². The number of non-ortho nitro benzene ring substituents is 2. The van der Waals surface area contributed by atoms with Crippen molar-refractivity contribution >= 4 is 23.1 Å². The van der Waals surface area contributed by atoms with Crippen molar-refractivity contribution in [1.82, 2.24) is 5.32 Å². The number of amides is 1. The number of fused-ring (bicyclic) bond motifs is 3. The number of ketones is 1. The lowest BCUT2D eigenvalue weighted by molar-refractivity contribution is -0.385. The highest BCUT2D eigenvalue weighted by Gasteiger charge is 2.34. The maximum absolute atomic E-state index is 12.6. The number of hydrogen-bond donors (Lipinski definition) is 1. The summed E-state index contributed by atoms with van der Waals surface area (Å²) >= 11 is 0. The molecule has 1 aliphatic rings. The Bertz CT molecular complexity index is 967. The molecule has 3 rings (SSSR count). The fraction of sp³-hybridized carbons (Fsp3) is 0.125. The molecule has 1 amide bonds. The number of carbonyl (C=O) groups excluding carboxylic acids is 2. The lowest BCUT2D eigenvalue weighted by Gasteiger charge is -2.09. The van der Waals surface area contributed by atoms with Gasteiger partial charge in [0.2, 0.25) is 0 Å². The first kappa shape index (κ1) is 16.2. The summed E-state index contributed by atoms with van der Waals surface area (Å²) in [6.45, 7) is 2.00. The molecule has 1 aliphatic carbocycles. The molecule has 0 aliphatic heterocycles. The van der Waals surface area contributed by atoms with E-state index in [4.69, 9.17) is 0 Å². The van der Waals surface area contributed by atoms with Crippen LogP contribution < -0.4 is 5.32 Å². The average Bonchev–Trinajstić information content (AvgIpc) is 2.86. The van der Waals surface area contributed by atoms with Gasteiger partial charge in [-0.1, -0.05) is 0 Å². The molecule has 0 fully saturated rings. The number of nitrogens with zero attached hydrogens (tertiary/aromatic N) is 2. The molecule has 1 N–H and O–H groups in total. The van der Waals surface area contributed by atoms with Crippen LogP contribution in [-0.4, -0.2) is 28.1 Å². The number of hydrogen-bond acceptors (Lipinski definition) is 6. The fourth-order valence-corrected chi connectivity index (χ4v) is 2.83. The first-order chi connectivity index (χ1) is 11.8. The predicted molar refractivity (Wildman–Crippen MR) is 86.6 cm³/mol. The minimum atomic E-state index is -0.693. The third kappa shape index (κ3) is 2.51. The van der Waals surface area contributed by atoms with Gasteiger partial charge in [-0.25, -0.2) is 0 Å². The SMILES string of the molecule is CCNC(=O)c1cc([N+](=O)[O-])cc2c1-c1ccc([N+](=O)[O-])cc1C2=O. The van der Waals surface area contributed by atoms with Crippen molar-refractivity contribution < 1.29 is 19.4 Å². The largest absolute Gasteiger partial charge is 0.352 e. The number of rotatable bonds is 4. The van der Waals surface area contributed by atoms with Crippen molar-refractivity contribution in [1.29, 1.82) is 0 Å². The third-order valence-corrected chi connectivity index (χ3v) is 3.89. The van der Waals surface area contributed by atoms with Gasteiger partial charge >= 0.3 is 0 Å². The second-order valence-electron chi connectivity index (χ2n) is 5.35. The fourth-order valence-electron chi connectivity index (χ4n) is 2.83. The highest BCUT2D eigenvalue weighted by molar-refractivity contribution is 6.25. The lowest BCUT2D eigenvalue weighted by Crippen LogP contribution is -2.23. The van der Waals surface area contributed by atoms with Gasteiger partial charge in [0, 0.05) is 47.5 Å². The Morgan fingerprint density at radius 3 is 2.24 bits per heavy atom. The Hall–Kier alpha value is -3.62. The first-order valence-corrected chi connectivity index (χ1v) is 7.29. The molecule has 0 spiro atoms. The van der Waals surface area contributed by atoms with Gasteiger partial charge in [-0.2, -0.15) is 0 Å². The van der Waals surface area contributed by atoms with Crippen LogP contribution in [0.5, 0.6) is 0 Å². The van der Waals surface area contributed by atoms with Crippen LogP contribution in [0.25, 0.3) is 11.1 Å². The van der Waals surface area contributed by atoms with Gasteiger partial charge < -0.3 is 5.32 Å². The minimum absolute atomic E-state index is 0.00740. The third-order valence-electron chi connectivity index (χ3n) is 3.89. The first-order valence-electron chi connectivity index (χ1n) is 7.29. The highest BCUT2D eigenvalue weighted by atomic mass is 16.6. The Labute approximate surface area is 140 Å². The van der Waals surface area contributed by atoms with Crippen molar-refractivity contribution in [2.75, 3.05) is 6.54 Å². The predicted octanol–water partition coefficient (Wildman–Crippen LogP) is 2.46. The molecule has 126 valence electrons. The van der Waals surface area contributed by atoms with Crippen LogP contribution in [0.4, 0.5) is 11.4 Å². The van der Waals surface area contributed by atoms with Crippen LogP contribution in [0.1, 0.15) is 33.2 Å². The van der Waals surface area contributed by atoms with E-state index in [2.05, 4.69) is 5.32 Å². The molecule has 0 atom stereocenters. The second kappa shape index (κ2) is 5.78. The van der Waals surface area contributed by atoms with Crippen molar-refractivity contribution in [3.05, 3.63) is 67.3 Å². The molecule has 0 saturated heterocycles. The number of benzene rings is 2. The van der Waals surface area contributed by atoms with Crippen LogP contribution in [0.3, 0.4) is 0 Å². The number of nitrogens with one attached hydrogen (secondary N) is 1. The average molecular weight is 341 g/mol. The van der Waals surface area contributed by atoms with E-state index < -0.39 is 27.2 Å².